The van der Waals surface area contributed by atoms with Gasteiger partial charge in [-0.1, -0.05) is 6.07 Å². The highest BCUT2D eigenvalue weighted by Crippen LogP contribution is 2.27. The van der Waals surface area contributed by atoms with Gasteiger partial charge in [0, 0.05) is 0 Å². The fraction of sp³-hybridized carbons (Fsp3) is 0.357. The average molecular weight is 370 g/mol. The maximum Gasteiger partial charge on any atom is 0.347 e. The van der Waals surface area contributed by atoms with Gasteiger partial charge in [0.25, 0.3) is 0 Å². The first kappa shape index (κ1) is 16.3. The predicted molar refractivity (Wildman–Crippen MR) is 83.6 cm³/mol. The van der Waals surface area contributed by atoms with Gasteiger partial charge in [0.15, 0.2) is 11.5 Å². The molecule has 0 saturated carbocycles. The summed E-state index contributed by atoms with van der Waals surface area (Å²) in [5.74, 6) is 1.19. The Bertz CT molecular complexity index is 738. The molecule has 2 aromatic rings. The Morgan fingerprint density at radius 3 is 2.59 bits per heavy atom. The van der Waals surface area contributed by atoms with E-state index in [0.717, 1.165) is 5.56 Å². The summed E-state index contributed by atoms with van der Waals surface area (Å²) in [5, 5.41) is 4.13. The largest absolute Gasteiger partial charge is 0.493 e. The summed E-state index contributed by atoms with van der Waals surface area (Å²) in [7, 11) is 3.10. The number of carbonyl (C=O) groups is 1. The molecule has 2 rings (SSSR count). The van der Waals surface area contributed by atoms with Crippen molar-refractivity contribution in [2.45, 2.75) is 19.5 Å². The number of halogens is 1. The van der Waals surface area contributed by atoms with Crippen molar-refractivity contribution in [1.82, 2.24) is 14.3 Å². The van der Waals surface area contributed by atoms with Crippen molar-refractivity contribution in [3.8, 4) is 11.5 Å². The minimum absolute atomic E-state index is 0.260. The first-order valence-corrected chi connectivity index (χ1v) is 7.32. The molecule has 0 aliphatic carbocycles. The second-order valence-corrected chi connectivity index (χ2v) is 5.35. The van der Waals surface area contributed by atoms with Crippen molar-refractivity contribution in [1.29, 1.82) is 0 Å². The maximum atomic E-state index is 12.3. The van der Waals surface area contributed by atoms with Crippen molar-refractivity contribution < 1.29 is 14.3 Å². The molecule has 1 heterocycles. The second kappa shape index (κ2) is 6.78. The van der Waals surface area contributed by atoms with E-state index in [1.807, 2.05) is 6.07 Å². The van der Waals surface area contributed by atoms with Crippen LogP contribution in [0.15, 0.2) is 27.7 Å². The van der Waals surface area contributed by atoms with Crippen molar-refractivity contribution in [2.75, 3.05) is 14.2 Å². The first-order valence-electron chi connectivity index (χ1n) is 6.52. The summed E-state index contributed by atoms with van der Waals surface area (Å²) in [5.41, 5.74) is 0.469. The fourth-order valence-electron chi connectivity index (χ4n) is 2.05. The Kier molecular flexibility index (Phi) is 5.02. The number of aromatic nitrogens is 3. The smallest absolute Gasteiger partial charge is 0.347 e. The summed E-state index contributed by atoms with van der Waals surface area (Å²) in [6.45, 7) is 1.89. The van der Waals surface area contributed by atoms with Crippen LogP contribution in [0.2, 0.25) is 0 Å². The highest BCUT2D eigenvalue weighted by atomic mass is 79.9. The lowest BCUT2D eigenvalue weighted by molar-refractivity contribution is -0.110. The SMILES string of the molecule is COc1ccc(Cn2nc(Br)n(C(C)C=O)c2=O)cc1OC. The normalized spacial score (nSPS) is 12.0. The Morgan fingerprint density at radius 1 is 1.32 bits per heavy atom. The van der Waals surface area contributed by atoms with Crippen LogP contribution >= 0.6 is 15.9 Å². The third kappa shape index (κ3) is 3.06. The number of aldehydes is 1. The van der Waals surface area contributed by atoms with Gasteiger partial charge >= 0.3 is 5.69 Å². The third-order valence-corrected chi connectivity index (χ3v) is 3.75. The molecule has 7 nitrogen and oxygen atoms in total. The topological polar surface area (TPSA) is 75.4 Å². The van der Waals surface area contributed by atoms with Crippen LogP contribution < -0.4 is 15.2 Å². The minimum Gasteiger partial charge on any atom is -0.493 e. The Morgan fingerprint density at radius 2 is 2.00 bits per heavy atom. The second-order valence-electron chi connectivity index (χ2n) is 4.65. The van der Waals surface area contributed by atoms with E-state index in [4.69, 9.17) is 9.47 Å². The molecule has 0 amide bonds. The van der Waals surface area contributed by atoms with E-state index in [0.29, 0.717) is 22.5 Å². The summed E-state index contributed by atoms with van der Waals surface area (Å²) >= 11 is 3.20. The van der Waals surface area contributed by atoms with E-state index in [1.54, 1.807) is 33.3 Å². The minimum atomic E-state index is -0.582. The van der Waals surface area contributed by atoms with E-state index in [2.05, 4.69) is 21.0 Å². The molecule has 22 heavy (non-hydrogen) atoms. The number of hydrogen-bond acceptors (Lipinski definition) is 5. The summed E-state index contributed by atoms with van der Waals surface area (Å²) in [4.78, 5) is 23.2. The van der Waals surface area contributed by atoms with E-state index < -0.39 is 6.04 Å². The number of carbonyl (C=O) groups excluding carboxylic acids is 1. The van der Waals surface area contributed by atoms with Gasteiger partial charge in [-0.3, -0.25) is 4.57 Å². The summed E-state index contributed by atoms with van der Waals surface area (Å²) < 4.78 is 13.3. The summed E-state index contributed by atoms with van der Waals surface area (Å²) in [6.07, 6.45) is 0.689. The maximum absolute atomic E-state index is 12.3. The van der Waals surface area contributed by atoms with Gasteiger partial charge in [-0.25, -0.2) is 9.48 Å². The van der Waals surface area contributed by atoms with Crippen LogP contribution in [0, 0.1) is 0 Å². The number of nitrogens with zero attached hydrogens (tertiary/aromatic N) is 3. The Labute approximate surface area is 135 Å². The molecular weight excluding hydrogens is 354 g/mol. The van der Waals surface area contributed by atoms with Gasteiger partial charge < -0.3 is 14.3 Å². The highest BCUT2D eigenvalue weighted by Gasteiger charge is 2.16. The number of hydrogen-bond donors (Lipinski definition) is 0. The Balaban J connectivity index is 2.36. The summed E-state index contributed by atoms with van der Waals surface area (Å²) in [6, 6.07) is 4.78. The fourth-order valence-corrected chi connectivity index (χ4v) is 2.72. The van der Waals surface area contributed by atoms with E-state index in [-0.39, 0.29) is 12.2 Å². The van der Waals surface area contributed by atoms with Crippen LogP contribution in [0.5, 0.6) is 11.5 Å². The van der Waals surface area contributed by atoms with Gasteiger partial charge in [0.1, 0.15) is 6.29 Å². The van der Waals surface area contributed by atoms with Crippen molar-refractivity contribution in [2.24, 2.45) is 0 Å². The molecule has 0 saturated heterocycles. The third-order valence-electron chi connectivity index (χ3n) is 3.21. The molecule has 0 bridgehead atoms. The van der Waals surface area contributed by atoms with Gasteiger partial charge in [0.2, 0.25) is 4.73 Å². The molecule has 0 aliphatic rings. The molecule has 1 aromatic heterocycles. The number of rotatable bonds is 6. The Hall–Kier alpha value is -2.09. The predicted octanol–water partition coefficient (Wildman–Crippen LogP) is 1.63. The lowest BCUT2D eigenvalue weighted by atomic mass is 10.2. The first-order chi connectivity index (χ1) is 10.5. The van der Waals surface area contributed by atoms with Crippen molar-refractivity contribution >= 4 is 22.2 Å². The molecular formula is C14H16BrN3O4. The molecule has 8 heteroatoms. The van der Waals surface area contributed by atoms with E-state index in [9.17, 15) is 9.59 Å². The standard InChI is InChI=1S/C14H16BrN3O4/c1-9(8-19)18-13(15)16-17(14(18)20)7-10-4-5-11(21-2)12(6-10)22-3/h4-6,8-9H,7H2,1-3H3. The zero-order valence-corrected chi connectivity index (χ0v) is 14.0. The molecule has 1 unspecified atom stereocenters. The lowest BCUT2D eigenvalue weighted by Gasteiger charge is -2.09. The monoisotopic (exact) mass is 369 g/mol. The van der Waals surface area contributed by atoms with Crippen molar-refractivity contribution in [3.63, 3.8) is 0 Å². The van der Waals surface area contributed by atoms with E-state index >= 15 is 0 Å². The average Bonchev–Trinajstić information content (AvgIpc) is 2.80. The van der Waals surface area contributed by atoms with Crippen LogP contribution in [0.4, 0.5) is 0 Å². The zero-order valence-electron chi connectivity index (χ0n) is 12.4. The number of ether oxygens (including phenoxy) is 2. The molecule has 0 radical (unpaired) electrons. The van der Waals surface area contributed by atoms with Gasteiger partial charge in [-0.05, 0) is 40.5 Å². The van der Waals surface area contributed by atoms with Crippen LogP contribution in [-0.2, 0) is 11.3 Å². The van der Waals surface area contributed by atoms with Crippen LogP contribution in [0.25, 0.3) is 0 Å². The number of methoxy groups -OCH3 is 2. The van der Waals surface area contributed by atoms with Crippen molar-refractivity contribution in [3.05, 3.63) is 39.0 Å². The molecule has 0 N–H and O–H groups in total. The van der Waals surface area contributed by atoms with Gasteiger partial charge in [0.05, 0.1) is 26.8 Å². The lowest BCUT2D eigenvalue weighted by Crippen LogP contribution is -2.28. The van der Waals surface area contributed by atoms with Gasteiger partial charge in [-0.15, -0.1) is 5.10 Å². The molecule has 1 aromatic carbocycles. The zero-order chi connectivity index (χ0) is 16.3. The molecule has 0 aliphatic heterocycles. The highest BCUT2D eigenvalue weighted by molar-refractivity contribution is 9.10. The molecule has 0 spiro atoms. The van der Waals surface area contributed by atoms with Gasteiger partial charge in [-0.2, -0.15) is 0 Å². The molecule has 118 valence electrons. The van der Waals surface area contributed by atoms with E-state index in [1.165, 1.54) is 9.25 Å². The molecule has 1 atom stereocenters. The van der Waals surface area contributed by atoms with Crippen LogP contribution in [0.1, 0.15) is 18.5 Å². The van der Waals surface area contributed by atoms with Crippen LogP contribution in [0.3, 0.4) is 0 Å². The molecule has 0 fully saturated rings. The van der Waals surface area contributed by atoms with Crippen LogP contribution in [-0.4, -0.2) is 34.9 Å². The quantitative estimate of drug-likeness (QED) is 0.723. The number of benzene rings is 1.